The number of fused-ring (bicyclic) bond motifs is 1. The van der Waals surface area contributed by atoms with E-state index in [-0.39, 0.29) is 17.9 Å². The molecule has 5 rings (SSSR count). The van der Waals surface area contributed by atoms with Gasteiger partial charge in [0.1, 0.15) is 11.4 Å². The standard InChI is InChI=1S/C28H33N7O3/c1-33-14-11-20(12-15-33)30-27(37)19-9-10-22(24(17-19)38-3)31-28-29-18-23-26(32-28)35(16-13-25(36)34(23)2)21-7-5-4-6-8-21/h4-10,17-18,20H,11-16H2,1-3H3,(H,30,37)(H,29,31,32). The first kappa shape index (κ1) is 25.5. The van der Waals surface area contributed by atoms with E-state index in [2.05, 4.69) is 27.6 Å². The number of amides is 2. The van der Waals surface area contributed by atoms with Crippen LogP contribution in [0.5, 0.6) is 5.75 Å². The van der Waals surface area contributed by atoms with Crippen LogP contribution in [0.2, 0.25) is 0 Å². The van der Waals surface area contributed by atoms with Crippen LogP contribution in [0, 0.1) is 0 Å². The Labute approximate surface area is 222 Å². The summed E-state index contributed by atoms with van der Waals surface area (Å²) in [6.45, 7) is 2.45. The summed E-state index contributed by atoms with van der Waals surface area (Å²) < 4.78 is 5.60. The van der Waals surface area contributed by atoms with Crippen LogP contribution in [0.15, 0.2) is 54.7 Å². The Hall–Kier alpha value is -4.18. The largest absolute Gasteiger partial charge is 0.495 e. The summed E-state index contributed by atoms with van der Waals surface area (Å²) in [7, 11) is 5.40. The molecule has 2 aromatic carbocycles. The van der Waals surface area contributed by atoms with Crippen LogP contribution in [-0.2, 0) is 4.79 Å². The van der Waals surface area contributed by atoms with E-state index < -0.39 is 0 Å². The summed E-state index contributed by atoms with van der Waals surface area (Å²) in [5.74, 6) is 1.39. The third-order valence-corrected chi connectivity index (χ3v) is 7.12. The minimum atomic E-state index is -0.114. The van der Waals surface area contributed by atoms with E-state index in [0.29, 0.717) is 47.4 Å². The molecule has 3 heterocycles. The Balaban J connectivity index is 1.39. The van der Waals surface area contributed by atoms with Gasteiger partial charge in [0.25, 0.3) is 5.91 Å². The fourth-order valence-electron chi connectivity index (χ4n) is 4.81. The van der Waals surface area contributed by atoms with Gasteiger partial charge in [-0.25, -0.2) is 4.98 Å². The van der Waals surface area contributed by atoms with Gasteiger partial charge in [0, 0.05) is 37.3 Å². The number of para-hydroxylation sites is 1. The minimum Gasteiger partial charge on any atom is -0.495 e. The van der Waals surface area contributed by atoms with E-state index in [0.717, 1.165) is 31.6 Å². The van der Waals surface area contributed by atoms with Crippen LogP contribution < -0.4 is 25.2 Å². The molecule has 0 aliphatic carbocycles. The van der Waals surface area contributed by atoms with Crippen LogP contribution in [0.3, 0.4) is 0 Å². The first-order valence-corrected chi connectivity index (χ1v) is 12.8. The van der Waals surface area contributed by atoms with Crippen LogP contribution in [0.4, 0.5) is 28.8 Å². The second kappa shape index (κ2) is 11.1. The number of benzene rings is 2. The van der Waals surface area contributed by atoms with Crippen molar-refractivity contribution >= 4 is 40.6 Å². The zero-order valence-corrected chi connectivity index (χ0v) is 22.0. The van der Waals surface area contributed by atoms with Crippen molar-refractivity contribution in [3.8, 4) is 5.75 Å². The number of anilines is 5. The highest BCUT2D eigenvalue weighted by atomic mass is 16.5. The number of nitrogens with one attached hydrogen (secondary N) is 2. The van der Waals surface area contributed by atoms with Crippen LogP contribution >= 0.6 is 0 Å². The van der Waals surface area contributed by atoms with Gasteiger partial charge in [0.15, 0.2) is 5.82 Å². The second-order valence-corrected chi connectivity index (χ2v) is 9.68. The van der Waals surface area contributed by atoms with Crippen LogP contribution in [-0.4, -0.2) is 73.6 Å². The average Bonchev–Trinajstić information content (AvgIpc) is 3.06. The highest BCUT2D eigenvalue weighted by molar-refractivity contribution is 5.98. The lowest BCUT2D eigenvalue weighted by molar-refractivity contribution is -0.118. The van der Waals surface area contributed by atoms with E-state index in [1.165, 1.54) is 0 Å². The summed E-state index contributed by atoms with van der Waals surface area (Å²) in [6.07, 6.45) is 3.89. The van der Waals surface area contributed by atoms with Crippen LogP contribution in [0.1, 0.15) is 29.6 Å². The summed E-state index contributed by atoms with van der Waals surface area (Å²) in [4.78, 5) is 40.7. The van der Waals surface area contributed by atoms with Crippen molar-refractivity contribution in [2.75, 3.05) is 56.0 Å². The number of piperidine rings is 1. The van der Waals surface area contributed by atoms with Gasteiger partial charge in [-0.1, -0.05) is 18.2 Å². The third kappa shape index (κ3) is 5.40. The monoisotopic (exact) mass is 515 g/mol. The molecule has 0 unspecified atom stereocenters. The number of hydrogen-bond acceptors (Lipinski definition) is 8. The van der Waals surface area contributed by atoms with Crippen molar-refractivity contribution in [3.63, 3.8) is 0 Å². The second-order valence-electron chi connectivity index (χ2n) is 9.68. The number of ether oxygens (including phenoxy) is 1. The normalized spacial score (nSPS) is 16.6. The molecule has 0 radical (unpaired) electrons. The van der Waals surface area contributed by atoms with E-state index in [9.17, 15) is 9.59 Å². The fraction of sp³-hybridized carbons (Fsp3) is 0.357. The molecular formula is C28H33N7O3. The Morgan fingerprint density at radius 3 is 2.55 bits per heavy atom. The van der Waals surface area contributed by atoms with Gasteiger partial charge in [0.05, 0.1) is 19.0 Å². The predicted octanol–water partition coefficient (Wildman–Crippen LogP) is 3.56. The van der Waals surface area contributed by atoms with Gasteiger partial charge < -0.3 is 30.1 Å². The molecule has 2 aliphatic rings. The number of rotatable bonds is 6. The molecule has 10 nitrogen and oxygen atoms in total. The lowest BCUT2D eigenvalue weighted by Gasteiger charge is -2.29. The van der Waals surface area contributed by atoms with E-state index >= 15 is 0 Å². The number of hydrogen-bond donors (Lipinski definition) is 2. The topological polar surface area (TPSA) is 103 Å². The fourth-order valence-corrected chi connectivity index (χ4v) is 4.81. The molecule has 1 aromatic heterocycles. The Kier molecular flexibility index (Phi) is 7.41. The molecule has 0 bridgehead atoms. The number of likely N-dealkylation sites (tertiary alicyclic amines) is 1. The van der Waals surface area contributed by atoms with E-state index in [4.69, 9.17) is 9.72 Å². The van der Waals surface area contributed by atoms with Crippen molar-refractivity contribution in [3.05, 3.63) is 60.3 Å². The number of nitrogens with zero attached hydrogens (tertiary/aromatic N) is 5. The molecule has 3 aromatic rings. The average molecular weight is 516 g/mol. The molecule has 1 saturated heterocycles. The number of carbonyl (C=O) groups excluding carboxylic acids is 2. The highest BCUT2D eigenvalue weighted by Crippen LogP contribution is 2.36. The zero-order valence-electron chi connectivity index (χ0n) is 22.0. The molecule has 0 atom stereocenters. The molecule has 2 N–H and O–H groups in total. The first-order chi connectivity index (χ1) is 18.4. The van der Waals surface area contributed by atoms with Gasteiger partial charge in [0.2, 0.25) is 11.9 Å². The van der Waals surface area contributed by atoms with Gasteiger partial charge in [-0.3, -0.25) is 9.59 Å². The Morgan fingerprint density at radius 1 is 1.05 bits per heavy atom. The minimum absolute atomic E-state index is 0.00442. The molecule has 198 valence electrons. The lowest BCUT2D eigenvalue weighted by atomic mass is 10.0. The van der Waals surface area contributed by atoms with Crippen molar-refractivity contribution < 1.29 is 14.3 Å². The molecule has 0 spiro atoms. The third-order valence-electron chi connectivity index (χ3n) is 7.12. The summed E-state index contributed by atoms with van der Waals surface area (Å²) in [5, 5.41) is 6.37. The van der Waals surface area contributed by atoms with Gasteiger partial charge in [-0.2, -0.15) is 4.98 Å². The van der Waals surface area contributed by atoms with Gasteiger partial charge >= 0.3 is 0 Å². The lowest BCUT2D eigenvalue weighted by Crippen LogP contribution is -2.43. The highest BCUT2D eigenvalue weighted by Gasteiger charge is 2.27. The van der Waals surface area contributed by atoms with E-state index in [1.54, 1.807) is 43.5 Å². The number of methoxy groups -OCH3 is 1. The van der Waals surface area contributed by atoms with Crippen LogP contribution in [0.25, 0.3) is 0 Å². The summed E-state index contributed by atoms with van der Waals surface area (Å²) >= 11 is 0. The molecule has 1 fully saturated rings. The molecule has 10 heteroatoms. The predicted molar refractivity (Wildman–Crippen MR) is 148 cm³/mol. The van der Waals surface area contributed by atoms with Crippen molar-refractivity contribution in [2.45, 2.75) is 25.3 Å². The first-order valence-electron chi connectivity index (χ1n) is 12.8. The summed E-state index contributed by atoms with van der Waals surface area (Å²) in [5.41, 5.74) is 2.74. The SMILES string of the molecule is COc1cc(C(=O)NC2CCN(C)CC2)ccc1Nc1ncc2c(n1)N(c1ccccc1)CCC(=O)N2C. The maximum absolute atomic E-state index is 12.9. The van der Waals surface area contributed by atoms with Gasteiger partial charge in [-0.15, -0.1) is 0 Å². The quantitative estimate of drug-likeness (QED) is 0.514. The maximum atomic E-state index is 12.9. The Morgan fingerprint density at radius 2 is 1.82 bits per heavy atom. The maximum Gasteiger partial charge on any atom is 0.251 e. The number of carbonyl (C=O) groups is 2. The van der Waals surface area contributed by atoms with Gasteiger partial charge in [-0.05, 0) is 63.3 Å². The van der Waals surface area contributed by atoms with Crippen molar-refractivity contribution in [2.24, 2.45) is 0 Å². The van der Waals surface area contributed by atoms with Crippen molar-refractivity contribution in [1.29, 1.82) is 0 Å². The molecule has 2 amide bonds. The molecule has 2 aliphatic heterocycles. The smallest absolute Gasteiger partial charge is 0.251 e. The molecule has 0 saturated carbocycles. The Bertz CT molecular complexity index is 1310. The van der Waals surface area contributed by atoms with Crippen molar-refractivity contribution in [1.82, 2.24) is 20.2 Å². The molecule has 38 heavy (non-hydrogen) atoms. The zero-order chi connectivity index (χ0) is 26.6. The molecular weight excluding hydrogens is 482 g/mol. The summed E-state index contributed by atoms with van der Waals surface area (Å²) in [6, 6.07) is 15.3. The number of aromatic nitrogens is 2. The van der Waals surface area contributed by atoms with E-state index in [1.807, 2.05) is 35.2 Å².